The van der Waals surface area contributed by atoms with E-state index in [9.17, 15) is 9.59 Å². The molecule has 4 nitrogen and oxygen atoms in total. The zero-order valence-electron chi connectivity index (χ0n) is 10.8. The molecule has 0 unspecified atom stereocenters. The zero-order valence-corrected chi connectivity index (χ0v) is 10.8. The van der Waals surface area contributed by atoms with Gasteiger partial charge < -0.3 is 9.84 Å². The van der Waals surface area contributed by atoms with Crippen molar-refractivity contribution < 1.29 is 19.4 Å². The second-order valence-electron chi connectivity index (χ2n) is 4.29. The van der Waals surface area contributed by atoms with Crippen LogP contribution in [0.1, 0.15) is 15.9 Å². The van der Waals surface area contributed by atoms with Crippen molar-refractivity contribution >= 4 is 11.8 Å². The van der Waals surface area contributed by atoms with Gasteiger partial charge in [0.2, 0.25) is 0 Å². The molecule has 0 fully saturated rings. The summed E-state index contributed by atoms with van der Waals surface area (Å²) >= 11 is 0. The number of carbonyl (C=O) groups is 2. The van der Waals surface area contributed by atoms with E-state index < -0.39 is 5.97 Å². The Labute approximate surface area is 116 Å². The van der Waals surface area contributed by atoms with E-state index >= 15 is 0 Å². The van der Waals surface area contributed by atoms with Gasteiger partial charge in [0.05, 0.1) is 6.42 Å². The normalized spacial score (nSPS) is 10.0. The SMILES string of the molecule is O=C(Cc1ccccc1)OCC(=O)c1ccc(O)cc1. The van der Waals surface area contributed by atoms with Gasteiger partial charge in [-0.05, 0) is 29.8 Å². The summed E-state index contributed by atoms with van der Waals surface area (Å²) in [6, 6.07) is 15.0. The van der Waals surface area contributed by atoms with Gasteiger partial charge in [-0.3, -0.25) is 9.59 Å². The van der Waals surface area contributed by atoms with Gasteiger partial charge in [-0.2, -0.15) is 0 Å². The maximum Gasteiger partial charge on any atom is 0.310 e. The van der Waals surface area contributed by atoms with E-state index in [0.29, 0.717) is 5.56 Å². The van der Waals surface area contributed by atoms with E-state index in [4.69, 9.17) is 9.84 Å². The van der Waals surface area contributed by atoms with Crippen LogP contribution in [-0.2, 0) is 16.0 Å². The molecule has 20 heavy (non-hydrogen) atoms. The van der Waals surface area contributed by atoms with Crippen molar-refractivity contribution in [2.24, 2.45) is 0 Å². The van der Waals surface area contributed by atoms with Crippen molar-refractivity contribution in [1.82, 2.24) is 0 Å². The van der Waals surface area contributed by atoms with Crippen molar-refractivity contribution in [1.29, 1.82) is 0 Å². The Morgan fingerprint density at radius 3 is 2.25 bits per heavy atom. The van der Waals surface area contributed by atoms with E-state index in [-0.39, 0.29) is 24.6 Å². The molecule has 0 saturated heterocycles. The van der Waals surface area contributed by atoms with Crippen LogP contribution in [0.25, 0.3) is 0 Å². The van der Waals surface area contributed by atoms with E-state index in [2.05, 4.69) is 0 Å². The predicted molar refractivity (Wildman–Crippen MR) is 73.5 cm³/mol. The Morgan fingerprint density at radius 2 is 1.60 bits per heavy atom. The summed E-state index contributed by atoms with van der Waals surface area (Å²) in [6.45, 7) is -0.295. The van der Waals surface area contributed by atoms with E-state index in [1.54, 1.807) is 0 Å². The summed E-state index contributed by atoms with van der Waals surface area (Å²) < 4.78 is 4.94. The van der Waals surface area contributed by atoms with Gasteiger partial charge in [0.1, 0.15) is 5.75 Å². The average Bonchev–Trinajstić information content (AvgIpc) is 2.46. The highest BCUT2D eigenvalue weighted by Gasteiger charge is 2.10. The molecule has 0 aliphatic heterocycles. The quantitative estimate of drug-likeness (QED) is 0.669. The van der Waals surface area contributed by atoms with Crippen LogP contribution in [0.5, 0.6) is 5.75 Å². The van der Waals surface area contributed by atoms with E-state index in [0.717, 1.165) is 5.56 Å². The summed E-state index contributed by atoms with van der Waals surface area (Å²) in [5, 5.41) is 9.12. The molecule has 0 spiro atoms. The largest absolute Gasteiger partial charge is 0.508 e. The maximum atomic E-state index is 11.8. The third-order valence-corrected chi connectivity index (χ3v) is 2.74. The van der Waals surface area contributed by atoms with Crippen LogP contribution in [0.2, 0.25) is 0 Å². The highest BCUT2D eigenvalue weighted by molar-refractivity contribution is 5.98. The zero-order chi connectivity index (χ0) is 14.4. The van der Waals surface area contributed by atoms with Gasteiger partial charge in [0, 0.05) is 5.56 Å². The molecule has 0 radical (unpaired) electrons. The van der Waals surface area contributed by atoms with Crippen LogP contribution >= 0.6 is 0 Å². The lowest BCUT2D eigenvalue weighted by Gasteiger charge is -2.04. The molecule has 2 aromatic carbocycles. The fourth-order valence-corrected chi connectivity index (χ4v) is 1.69. The highest BCUT2D eigenvalue weighted by atomic mass is 16.5. The average molecular weight is 270 g/mol. The summed E-state index contributed by atoms with van der Waals surface area (Å²) in [6.07, 6.45) is 0.143. The van der Waals surface area contributed by atoms with Crippen LogP contribution in [0.4, 0.5) is 0 Å². The molecule has 0 heterocycles. The number of Topliss-reactive ketones (excluding diaryl/α,β-unsaturated/α-hetero) is 1. The minimum absolute atomic E-state index is 0.0858. The first-order valence-corrected chi connectivity index (χ1v) is 6.17. The third-order valence-electron chi connectivity index (χ3n) is 2.74. The van der Waals surface area contributed by atoms with Crippen molar-refractivity contribution in [2.75, 3.05) is 6.61 Å². The van der Waals surface area contributed by atoms with Gasteiger partial charge in [0.25, 0.3) is 0 Å². The number of hydrogen-bond donors (Lipinski definition) is 1. The van der Waals surface area contributed by atoms with E-state index in [1.807, 2.05) is 30.3 Å². The number of phenolic OH excluding ortho intramolecular Hbond substituents is 1. The molecule has 4 heteroatoms. The second kappa shape index (κ2) is 6.52. The first-order valence-electron chi connectivity index (χ1n) is 6.17. The van der Waals surface area contributed by atoms with Crippen molar-refractivity contribution in [3.63, 3.8) is 0 Å². The number of ether oxygens (including phenoxy) is 1. The Kier molecular flexibility index (Phi) is 4.50. The molecule has 1 N–H and O–H groups in total. The Balaban J connectivity index is 1.84. The van der Waals surface area contributed by atoms with Crippen molar-refractivity contribution in [2.45, 2.75) is 6.42 Å². The Morgan fingerprint density at radius 1 is 0.950 bits per heavy atom. The Bertz CT molecular complexity index is 588. The van der Waals surface area contributed by atoms with Crippen LogP contribution in [0.15, 0.2) is 54.6 Å². The summed E-state index contributed by atoms with van der Waals surface area (Å²) in [4.78, 5) is 23.3. The smallest absolute Gasteiger partial charge is 0.310 e. The number of esters is 1. The molecule has 2 aromatic rings. The molecule has 0 bridgehead atoms. The van der Waals surface area contributed by atoms with Gasteiger partial charge in [-0.1, -0.05) is 30.3 Å². The minimum atomic E-state index is -0.441. The second-order valence-corrected chi connectivity index (χ2v) is 4.29. The monoisotopic (exact) mass is 270 g/mol. The summed E-state index contributed by atoms with van der Waals surface area (Å²) in [5.41, 5.74) is 1.24. The van der Waals surface area contributed by atoms with Crippen LogP contribution < -0.4 is 0 Å². The van der Waals surface area contributed by atoms with Crippen LogP contribution in [0.3, 0.4) is 0 Å². The van der Waals surface area contributed by atoms with Crippen LogP contribution in [0, 0.1) is 0 Å². The number of carbonyl (C=O) groups excluding carboxylic acids is 2. The first-order chi connectivity index (χ1) is 9.65. The lowest BCUT2D eigenvalue weighted by atomic mass is 10.1. The lowest BCUT2D eigenvalue weighted by molar-refractivity contribution is -0.141. The topological polar surface area (TPSA) is 63.6 Å². The van der Waals surface area contributed by atoms with Crippen LogP contribution in [-0.4, -0.2) is 23.5 Å². The Hall–Kier alpha value is -2.62. The molecule has 2 rings (SSSR count). The van der Waals surface area contributed by atoms with Crippen molar-refractivity contribution in [3.8, 4) is 5.75 Å². The molecule has 0 atom stereocenters. The highest BCUT2D eigenvalue weighted by Crippen LogP contribution is 2.10. The molecule has 0 aromatic heterocycles. The molecule has 0 amide bonds. The van der Waals surface area contributed by atoms with Gasteiger partial charge >= 0.3 is 5.97 Å². The standard InChI is InChI=1S/C16H14O4/c17-14-8-6-13(7-9-14)15(18)11-20-16(19)10-12-4-2-1-3-5-12/h1-9,17H,10-11H2. The van der Waals surface area contributed by atoms with Gasteiger partial charge in [0.15, 0.2) is 12.4 Å². The predicted octanol–water partition coefficient (Wildman–Crippen LogP) is 2.36. The lowest BCUT2D eigenvalue weighted by Crippen LogP contribution is -2.15. The number of rotatable bonds is 5. The number of aromatic hydroxyl groups is 1. The van der Waals surface area contributed by atoms with E-state index in [1.165, 1.54) is 24.3 Å². The minimum Gasteiger partial charge on any atom is -0.508 e. The summed E-state index contributed by atoms with van der Waals surface area (Å²) in [7, 11) is 0. The van der Waals surface area contributed by atoms with Gasteiger partial charge in [-0.15, -0.1) is 0 Å². The number of phenols is 1. The molecule has 102 valence electrons. The molecule has 0 aliphatic carbocycles. The maximum absolute atomic E-state index is 11.8. The first kappa shape index (κ1) is 13.8. The fourth-order valence-electron chi connectivity index (χ4n) is 1.69. The number of benzene rings is 2. The number of ketones is 1. The number of hydrogen-bond acceptors (Lipinski definition) is 4. The summed E-state index contributed by atoms with van der Waals surface area (Å²) in [5.74, 6) is -0.655. The fraction of sp³-hybridized carbons (Fsp3) is 0.125. The molecular formula is C16H14O4. The molecular weight excluding hydrogens is 256 g/mol. The molecule has 0 saturated carbocycles. The molecule has 0 aliphatic rings. The third kappa shape index (κ3) is 3.95. The van der Waals surface area contributed by atoms with Crippen molar-refractivity contribution in [3.05, 3.63) is 65.7 Å². The van der Waals surface area contributed by atoms with Gasteiger partial charge in [-0.25, -0.2) is 0 Å².